The molecule has 0 aromatic carbocycles. The molecule has 2 rings (SSSR count). The summed E-state index contributed by atoms with van der Waals surface area (Å²) in [5.41, 5.74) is 0.362. The summed E-state index contributed by atoms with van der Waals surface area (Å²) in [4.78, 5) is 12.5. The van der Waals surface area contributed by atoms with Crippen LogP contribution in [0.15, 0.2) is 11.6 Å². The molecule has 0 amide bonds. The lowest BCUT2D eigenvalue weighted by Crippen LogP contribution is -2.59. The maximum atomic E-state index is 12.5. The van der Waals surface area contributed by atoms with Gasteiger partial charge in [-0.05, 0) is 24.7 Å². The zero-order chi connectivity index (χ0) is 17.1. The minimum absolute atomic E-state index is 0.0857. The quantitative estimate of drug-likeness (QED) is 0.573. The van der Waals surface area contributed by atoms with Crippen LogP contribution < -0.4 is 0 Å². The molecular formula is C17H28O6. The molecule has 4 N–H and O–H groups in total. The molecule has 23 heavy (non-hydrogen) atoms. The predicted octanol–water partition coefficient (Wildman–Crippen LogP) is 0.170. The number of carbonyl (C=O) groups excluding carboxylic acids is 1. The monoisotopic (exact) mass is 328 g/mol. The predicted molar refractivity (Wildman–Crippen MR) is 83.7 cm³/mol. The van der Waals surface area contributed by atoms with E-state index >= 15 is 0 Å². The van der Waals surface area contributed by atoms with Gasteiger partial charge < -0.3 is 25.2 Å². The van der Waals surface area contributed by atoms with E-state index in [9.17, 15) is 25.2 Å². The minimum atomic E-state index is -1.45. The molecule has 0 aromatic rings. The number of aliphatic hydroxyl groups excluding tert-OH is 4. The second kappa shape index (κ2) is 7.85. The van der Waals surface area contributed by atoms with Gasteiger partial charge in [-0.3, -0.25) is 4.79 Å². The molecular weight excluding hydrogens is 300 g/mol. The second-order valence-corrected chi connectivity index (χ2v) is 6.62. The van der Waals surface area contributed by atoms with Crippen molar-refractivity contribution in [3.05, 3.63) is 11.6 Å². The van der Waals surface area contributed by atoms with Crippen molar-refractivity contribution in [3.8, 4) is 0 Å². The van der Waals surface area contributed by atoms with Crippen molar-refractivity contribution >= 4 is 5.78 Å². The first-order valence-electron chi connectivity index (χ1n) is 8.49. The molecule has 7 atom stereocenters. The first kappa shape index (κ1) is 18.5. The Balaban J connectivity index is 2.26. The van der Waals surface area contributed by atoms with E-state index in [4.69, 9.17) is 4.74 Å². The summed E-state index contributed by atoms with van der Waals surface area (Å²) in [5.74, 6) is 0.443. The van der Waals surface area contributed by atoms with Gasteiger partial charge in [0.05, 0.1) is 6.61 Å². The van der Waals surface area contributed by atoms with Crippen LogP contribution in [0.5, 0.6) is 0 Å². The number of aliphatic hydroxyl groups is 4. The van der Waals surface area contributed by atoms with Crippen LogP contribution in [0.25, 0.3) is 0 Å². The fourth-order valence-electron chi connectivity index (χ4n) is 3.72. The summed E-state index contributed by atoms with van der Waals surface area (Å²) < 4.78 is 5.53. The van der Waals surface area contributed by atoms with Crippen molar-refractivity contribution in [1.82, 2.24) is 0 Å². The molecule has 6 heteroatoms. The van der Waals surface area contributed by atoms with Crippen molar-refractivity contribution in [2.45, 2.75) is 70.1 Å². The molecule has 0 radical (unpaired) electrons. The van der Waals surface area contributed by atoms with Crippen LogP contribution in [0.3, 0.4) is 0 Å². The van der Waals surface area contributed by atoms with Crippen LogP contribution in [0.2, 0.25) is 0 Å². The SMILES string of the molecule is CCCC1CC(=O)C([C@@H]2O[C@H](CO)[C@@H](O)[C@H](O)[C@H]2O)=CC1CC. The molecule has 1 aliphatic heterocycles. The van der Waals surface area contributed by atoms with E-state index in [1.54, 1.807) is 0 Å². The summed E-state index contributed by atoms with van der Waals surface area (Å²) in [6.45, 7) is 3.66. The van der Waals surface area contributed by atoms with Gasteiger partial charge in [-0.25, -0.2) is 0 Å². The van der Waals surface area contributed by atoms with Crippen molar-refractivity contribution in [1.29, 1.82) is 0 Å². The van der Waals surface area contributed by atoms with Crippen LogP contribution in [0.4, 0.5) is 0 Å². The molecule has 132 valence electrons. The normalized spacial score (nSPS) is 41.7. The van der Waals surface area contributed by atoms with Crippen LogP contribution in [-0.2, 0) is 9.53 Å². The first-order chi connectivity index (χ1) is 10.9. The Morgan fingerprint density at radius 1 is 1.17 bits per heavy atom. The summed E-state index contributed by atoms with van der Waals surface area (Å²) in [5, 5.41) is 39.3. The van der Waals surface area contributed by atoms with Gasteiger partial charge in [-0.15, -0.1) is 0 Å². The number of ketones is 1. The Kier molecular flexibility index (Phi) is 6.33. The second-order valence-electron chi connectivity index (χ2n) is 6.62. The van der Waals surface area contributed by atoms with E-state index < -0.39 is 37.1 Å². The number of allylic oxidation sites excluding steroid dienone is 1. The van der Waals surface area contributed by atoms with Crippen LogP contribution >= 0.6 is 0 Å². The standard InChI is InChI=1S/C17H28O6/c1-3-5-10-7-12(19)11(6-9(10)4-2)17-16(22)15(21)14(20)13(8-18)23-17/h6,9-10,13-18,20-22H,3-5,7-8H2,1-2H3/t9?,10?,13-,14-,15+,16-,17+/m1/s1. The zero-order valence-corrected chi connectivity index (χ0v) is 13.8. The highest BCUT2D eigenvalue weighted by molar-refractivity contribution is 5.97. The molecule has 0 bridgehead atoms. The number of rotatable bonds is 5. The summed E-state index contributed by atoms with van der Waals surface area (Å²) in [6.07, 6.45) is -1.09. The van der Waals surface area contributed by atoms with E-state index in [0.29, 0.717) is 17.9 Å². The van der Waals surface area contributed by atoms with Gasteiger partial charge >= 0.3 is 0 Å². The fraction of sp³-hybridized carbons (Fsp3) is 0.824. The first-order valence-corrected chi connectivity index (χ1v) is 8.49. The lowest BCUT2D eigenvalue weighted by molar-refractivity contribution is -0.220. The number of hydrogen-bond acceptors (Lipinski definition) is 6. The zero-order valence-electron chi connectivity index (χ0n) is 13.8. The largest absolute Gasteiger partial charge is 0.394 e. The van der Waals surface area contributed by atoms with Crippen molar-refractivity contribution in [2.24, 2.45) is 11.8 Å². The third-order valence-electron chi connectivity index (χ3n) is 5.10. The number of Topliss-reactive ketones (excluding diaryl/α,β-unsaturated/α-hetero) is 1. The van der Waals surface area contributed by atoms with Gasteiger partial charge in [0.25, 0.3) is 0 Å². The number of ether oxygens (including phenoxy) is 1. The third kappa shape index (κ3) is 3.67. The maximum Gasteiger partial charge on any atom is 0.161 e. The molecule has 1 fully saturated rings. The molecule has 6 nitrogen and oxygen atoms in total. The summed E-state index contributed by atoms with van der Waals surface area (Å²) >= 11 is 0. The highest BCUT2D eigenvalue weighted by Gasteiger charge is 2.47. The average molecular weight is 328 g/mol. The van der Waals surface area contributed by atoms with Gasteiger partial charge in [0.1, 0.15) is 30.5 Å². The van der Waals surface area contributed by atoms with E-state index in [1.807, 2.05) is 6.08 Å². The summed E-state index contributed by atoms with van der Waals surface area (Å²) in [7, 11) is 0. The molecule has 2 aliphatic rings. The topological polar surface area (TPSA) is 107 Å². The van der Waals surface area contributed by atoms with Gasteiger partial charge in [0.15, 0.2) is 5.78 Å². The summed E-state index contributed by atoms with van der Waals surface area (Å²) in [6, 6.07) is 0. The molecule has 1 saturated heterocycles. The Labute approximate surface area is 136 Å². The van der Waals surface area contributed by atoms with E-state index in [-0.39, 0.29) is 11.7 Å². The van der Waals surface area contributed by atoms with Gasteiger partial charge in [0, 0.05) is 12.0 Å². The lowest BCUT2D eigenvalue weighted by Gasteiger charge is -2.42. The van der Waals surface area contributed by atoms with Gasteiger partial charge in [-0.2, -0.15) is 0 Å². The average Bonchev–Trinajstić information content (AvgIpc) is 2.54. The molecule has 0 aromatic heterocycles. The number of hydrogen-bond donors (Lipinski definition) is 4. The van der Waals surface area contributed by atoms with Crippen LogP contribution in [-0.4, -0.2) is 63.3 Å². The van der Waals surface area contributed by atoms with Crippen LogP contribution in [0, 0.1) is 11.8 Å². The maximum absolute atomic E-state index is 12.5. The van der Waals surface area contributed by atoms with Crippen molar-refractivity contribution in [2.75, 3.05) is 6.61 Å². The Bertz CT molecular complexity index is 446. The highest BCUT2D eigenvalue weighted by Crippen LogP contribution is 2.36. The minimum Gasteiger partial charge on any atom is -0.394 e. The van der Waals surface area contributed by atoms with E-state index in [1.165, 1.54) is 0 Å². The van der Waals surface area contributed by atoms with Gasteiger partial charge in [-0.1, -0.05) is 26.3 Å². The lowest BCUT2D eigenvalue weighted by atomic mass is 9.74. The number of carbonyl (C=O) groups is 1. The highest BCUT2D eigenvalue weighted by atomic mass is 16.5. The Morgan fingerprint density at radius 3 is 2.43 bits per heavy atom. The van der Waals surface area contributed by atoms with Crippen molar-refractivity contribution < 1.29 is 30.0 Å². The molecule has 1 heterocycles. The Morgan fingerprint density at radius 2 is 1.87 bits per heavy atom. The molecule has 2 unspecified atom stereocenters. The van der Waals surface area contributed by atoms with Crippen LogP contribution in [0.1, 0.15) is 39.5 Å². The van der Waals surface area contributed by atoms with E-state index in [0.717, 1.165) is 19.3 Å². The van der Waals surface area contributed by atoms with Gasteiger partial charge in [0.2, 0.25) is 0 Å². The third-order valence-corrected chi connectivity index (χ3v) is 5.10. The molecule has 0 saturated carbocycles. The van der Waals surface area contributed by atoms with E-state index in [2.05, 4.69) is 13.8 Å². The smallest absolute Gasteiger partial charge is 0.161 e. The Hall–Kier alpha value is -0.790. The fourth-order valence-corrected chi connectivity index (χ4v) is 3.72. The molecule has 0 spiro atoms. The van der Waals surface area contributed by atoms with Crippen molar-refractivity contribution in [3.63, 3.8) is 0 Å². The molecule has 1 aliphatic carbocycles.